The van der Waals surface area contributed by atoms with Crippen molar-refractivity contribution in [1.82, 2.24) is 4.90 Å². The van der Waals surface area contributed by atoms with Crippen molar-refractivity contribution in [3.63, 3.8) is 0 Å². The highest BCUT2D eigenvalue weighted by Crippen LogP contribution is 2.37. The molecule has 1 atom stereocenters. The van der Waals surface area contributed by atoms with Gasteiger partial charge in [0.2, 0.25) is 5.91 Å². The van der Waals surface area contributed by atoms with Crippen molar-refractivity contribution in [1.29, 1.82) is 0 Å². The summed E-state index contributed by atoms with van der Waals surface area (Å²) in [7, 11) is 1.95. The Morgan fingerprint density at radius 3 is 2.52 bits per heavy atom. The van der Waals surface area contributed by atoms with Crippen LogP contribution in [0, 0.1) is 5.41 Å². The molecular weight excluding hydrogens is 260 g/mol. The van der Waals surface area contributed by atoms with Gasteiger partial charge in [0, 0.05) is 18.8 Å². The molecule has 116 valence electrons. The van der Waals surface area contributed by atoms with Gasteiger partial charge in [-0.3, -0.25) is 4.79 Å². The molecule has 1 aromatic rings. The van der Waals surface area contributed by atoms with E-state index in [1.807, 2.05) is 43.1 Å². The monoisotopic (exact) mass is 288 g/mol. The van der Waals surface area contributed by atoms with Gasteiger partial charge in [0.15, 0.2) is 0 Å². The molecule has 2 rings (SSSR count). The summed E-state index contributed by atoms with van der Waals surface area (Å²) in [4.78, 5) is 14.7. The molecule has 21 heavy (non-hydrogen) atoms. The van der Waals surface area contributed by atoms with Crippen LogP contribution in [0.25, 0.3) is 0 Å². The van der Waals surface area contributed by atoms with Gasteiger partial charge in [0.1, 0.15) is 0 Å². The number of benzene rings is 1. The molecule has 0 aromatic heterocycles. The number of nitrogens with two attached hydrogens (primary N) is 1. The predicted octanol–water partition coefficient (Wildman–Crippen LogP) is 3.80. The number of amides is 1. The number of nitrogen functional groups attached to an aromatic ring is 1. The molecule has 3 nitrogen and oxygen atoms in total. The maximum absolute atomic E-state index is 12.7. The molecule has 1 saturated carbocycles. The summed E-state index contributed by atoms with van der Waals surface area (Å²) in [5, 5.41) is 0. The van der Waals surface area contributed by atoms with Crippen molar-refractivity contribution in [2.24, 2.45) is 5.41 Å². The number of carbonyl (C=O) groups is 1. The van der Waals surface area contributed by atoms with Gasteiger partial charge in [-0.05, 0) is 55.7 Å². The lowest BCUT2D eigenvalue weighted by molar-refractivity contribution is -0.134. The van der Waals surface area contributed by atoms with Crippen LogP contribution in [0.1, 0.15) is 57.9 Å². The van der Waals surface area contributed by atoms with E-state index in [1.165, 1.54) is 12.8 Å². The number of likely N-dealkylation sites (N-methyl/N-ethyl adjacent to an activating group) is 1. The molecule has 1 aliphatic rings. The van der Waals surface area contributed by atoms with E-state index in [2.05, 4.69) is 13.8 Å². The summed E-state index contributed by atoms with van der Waals surface area (Å²) >= 11 is 0. The summed E-state index contributed by atoms with van der Waals surface area (Å²) in [5.41, 5.74) is 7.97. The molecule has 1 aliphatic carbocycles. The van der Waals surface area contributed by atoms with Crippen molar-refractivity contribution >= 4 is 11.6 Å². The molecular formula is C18H28N2O. The molecule has 2 N–H and O–H groups in total. The van der Waals surface area contributed by atoms with Crippen molar-refractivity contribution in [3.05, 3.63) is 29.8 Å². The van der Waals surface area contributed by atoms with Crippen LogP contribution in [0.15, 0.2) is 24.3 Å². The molecule has 1 aromatic carbocycles. The lowest BCUT2D eigenvalue weighted by atomic mass is 9.75. The van der Waals surface area contributed by atoms with E-state index in [1.54, 1.807) is 0 Å². The number of carbonyl (C=O) groups excluding carboxylic acids is 1. The molecule has 0 spiro atoms. The molecule has 3 heteroatoms. The molecule has 1 amide bonds. The van der Waals surface area contributed by atoms with Gasteiger partial charge in [-0.2, -0.15) is 0 Å². The summed E-state index contributed by atoms with van der Waals surface area (Å²) in [6, 6.07) is 8.04. The first-order valence-electron chi connectivity index (χ1n) is 7.92. The van der Waals surface area contributed by atoms with Gasteiger partial charge >= 0.3 is 0 Å². The van der Waals surface area contributed by atoms with E-state index in [0.717, 1.165) is 18.4 Å². The summed E-state index contributed by atoms with van der Waals surface area (Å²) < 4.78 is 0. The zero-order valence-corrected chi connectivity index (χ0v) is 13.7. The first-order chi connectivity index (χ1) is 9.80. The van der Waals surface area contributed by atoms with Crippen LogP contribution in [-0.2, 0) is 4.79 Å². The second kappa shape index (κ2) is 6.08. The Morgan fingerprint density at radius 2 is 1.95 bits per heavy atom. The van der Waals surface area contributed by atoms with Crippen LogP contribution in [0.4, 0.5) is 5.69 Å². The number of hydrogen-bond donors (Lipinski definition) is 1. The van der Waals surface area contributed by atoms with Crippen molar-refractivity contribution in [2.45, 2.75) is 58.4 Å². The highest BCUT2D eigenvalue weighted by Gasteiger charge is 2.32. The van der Waals surface area contributed by atoms with Gasteiger partial charge in [0.05, 0.1) is 5.92 Å². The molecule has 0 aliphatic heterocycles. The molecule has 0 radical (unpaired) electrons. The third-order valence-electron chi connectivity index (χ3n) is 4.99. The van der Waals surface area contributed by atoms with Crippen LogP contribution in [0.5, 0.6) is 0 Å². The fourth-order valence-electron chi connectivity index (χ4n) is 3.23. The molecule has 1 fully saturated rings. The molecule has 0 saturated heterocycles. The van der Waals surface area contributed by atoms with E-state index in [9.17, 15) is 4.79 Å². The zero-order chi connectivity index (χ0) is 15.6. The van der Waals surface area contributed by atoms with E-state index in [-0.39, 0.29) is 11.8 Å². The SMILES string of the molecule is CC(C(=O)N(C)C1CCC(C)(C)CC1)c1cccc(N)c1. The maximum atomic E-state index is 12.7. The van der Waals surface area contributed by atoms with Crippen LogP contribution < -0.4 is 5.73 Å². The van der Waals surface area contributed by atoms with Crippen molar-refractivity contribution in [3.8, 4) is 0 Å². The van der Waals surface area contributed by atoms with Gasteiger partial charge in [-0.15, -0.1) is 0 Å². The smallest absolute Gasteiger partial charge is 0.229 e. The highest BCUT2D eigenvalue weighted by molar-refractivity contribution is 5.83. The largest absolute Gasteiger partial charge is 0.399 e. The fraction of sp³-hybridized carbons (Fsp3) is 0.611. The third kappa shape index (κ3) is 3.78. The predicted molar refractivity (Wildman–Crippen MR) is 88.1 cm³/mol. The number of anilines is 1. The highest BCUT2D eigenvalue weighted by atomic mass is 16.2. The fourth-order valence-corrected chi connectivity index (χ4v) is 3.23. The zero-order valence-electron chi connectivity index (χ0n) is 13.7. The van der Waals surface area contributed by atoms with Gasteiger partial charge in [-0.1, -0.05) is 26.0 Å². The Bertz CT molecular complexity index is 500. The van der Waals surface area contributed by atoms with E-state index in [4.69, 9.17) is 5.73 Å². The lowest BCUT2D eigenvalue weighted by Gasteiger charge is -2.39. The second-order valence-electron chi connectivity index (χ2n) is 7.24. The quantitative estimate of drug-likeness (QED) is 0.860. The first-order valence-corrected chi connectivity index (χ1v) is 7.92. The van der Waals surface area contributed by atoms with E-state index < -0.39 is 0 Å². The van der Waals surface area contributed by atoms with Crippen LogP contribution in [-0.4, -0.2) is 23.9 Å². The Balaban J connectivity index is 2.02. The Hall–Kier alpha value is -1.51. The minimum Gasteiger partial charge on any atom is -0.399 e. The summed E-state index contributed by atoms with van der Waals surface area (Å²) in [6.07, 6.45) is 4.61. The molecule has 0 bridgehead atoms. The number of hydrogen-bond acceptors (Lipinski definition) is 2. The van der Waals surface area contributed by atoms with Crippen LogP contribution >= 0.6 is 0 Å². The third-order valence-corrected chi connectivity index (χ3v) is 4.99. The number of rotatable bonds is 3. The number of nitrogens with zero attached hydrogens (tertiary/aromatic N) is 1. The van der Waals surface area contributed by atoms with Crippen LogP contribution in [0.3, 0.4) is 0 Å². The van der Waals surface area contributed by atoms with E-state index in [0.29, 0.717) is 17.1 Å². The summed E-state index contributed by atoms with van der Waals surface area (Å²) in [6.45, 7) is 6.61. The maximum Gasteiger partial charge on any atom is 0.229 e. The minimum atomic E-state index is -0.131. The Morgan fingerprint density at radius 1 is 1.33 bits per heavy atom. The van der Waals surface area contributed by atoms with Gasteiger partial charge in [0.25, 0.3) is 0 Å². The Labute approximate surface area is 128 Å². The van der Waals surface area contributed by atoms with Gasteiger partial charge < -0.3 is 10.6 Å². The van der Waals surface area contributed by atoms with Crippen molar-refractivity contribution < 1.29 is 4.79 Å². The van der Waals surface area contributed by atoms with Crippen molar-refractivity contribution in [2.75, 3.05) is 12.8 Å². The molecule has 1 unspecified atom stereocenters. The average molecular weight is 288 g/mol. The van der Waals surface area contributed by atoms with E-state index >= 15 is 0 Å². The topological polar surface area (TPSA) is 46.3 Å². The standard InChI is InChI=1S/C18H28N2O/c1-13(14-6-5-7-15(19)12-14)17(21)20(4)16-8-10-18(2,3)11-9-16/h5-7,12-13,16H,8-11,19H2,1-4H3. The van der Waals surface area contributed by atoms with Gasteiger partial charge in [-0.25, -0.2) is 0 Å². The average Bonchev–Trinajstić information content (AvgIpc) is 2.45. The summed E-state index contributed by atoms with van der Waals surface area (Å²) in [5.74, 6) is 0.0683. The second-order valence-corrected chi connectivity index (χ2v) is 7.24. The first kappa shape index (κ1) is 15.9. The molecule has 0 heterocycles. The Kier molecular flexibility index (Phi) is 4.60. The lowest BCUT2D eigenvalue weighted by Crippen LogP contribution is -2.42. The normalized spacial score (nSPS) is 20.0. The van der Waals surface area contributed by atoms with Crippen LogP contribution in [0.2, 0.25) is 0 Å². The minimum absolute atomic E-state index is 0.131.